The first kappa shape index (κ1) is 13.8. The number of rotatable bonds is 5. The summed E-state index contributed by atoms with van der Waals surface area (Å²) in [6, 6.07) is 4.48. The lowest BCUT2D eigenvalue weighted by Gasteiger charge is -2.12. The number of halogens is 1. The number of hydrogen-bond acceptors (Lipinski definition) is 5. The van der Waals surface area contributed by atoms with Gasteiger partial charge in [0.15, 0.2) is 16.7 Å². The Bertz CT molecular complexity index is 560. The second-order valence-corrected chi connectivity index (χ2v) is 5.02. The Kier molecular flexibility index (Phi) is 4.39. The standard InChI is InChI=1S/C12H15FN4OS/c1-17-7-15-16-12(17)19-6-10(14)8-3-4-11(18-2)9(13)5-8/h3-5,7,10H,6,14H2,1-2H3. The molecule has 1 unspecified atom stereocenters. The number of hydrogen-bond donors (Lipinski definition) is 1. The summed E-state index contributed by atoms with van der Waals surface area (Å²) in [5, 5.41) is 8.52. The van der Waals surface area contributed by atoms with Crippen LogP contribution >= 0.6 is 11.8 Å². The topological polar surface area (TPSA) is 66.0 Å². The van der Waals surface area contributed by atoms with Crippen LogP contribution in [0.15, 0.2) is 29.7 Å². The lowest BCUT2D eigenvalue weighted by atomic mass is 10.1. The van der Waals surface area contributed by atoms with Crippen LogP contribution in [-0.4, -0.2) is 27.6 Å². The fourth-order valence-electron chi connectivity index (χ4n) is 1.58. The maximum Gasteiger partial charge on any atom is 0.190 e. The second-order valence-electron chi connectivity index (χ2n) is 4.04. The number of thioether (sulfide) groups is 1. The highest BCUT2D eigenvalue weighted by Gasteiger charge is 2.12. The number of nitrogens with two attached hydrogens (primary N) is 1. The first-order chi connectivity index (χ1) is 9.11. The van der Waals surface area contributed by atoms with Crippen LogP contribution in [0, 0.1) is 5.82 Å². The molecule has 0 aliphatic carbocycles. The second kappa shape index (κ2) is 6.03. The third-order valence-corrected chi connectivity index (χ3v) is 3.82. The number of aromatic nitrogens is 3. The summed E-state index contributed by atoms with van der Waals surface area (Å²) in [4.78, 5) is 0. The minimum Gasteiger partial charge on any atom is -0.494 e. The largest absolute Gasteiger partial charge is 0.494 e. The van der Waals surface area contributed by atoms with Crippen molar-refractivity contribution in [1.29, 1.82) is 0 Å². The molecule has 7 heteroatoms. The molecule has 1 heterocycles. The molecular weight excluding hydrogens is 267 g/mol. The molecule has 0 saturated heterocycles. The van der Waals surface area contributed by atoms with Gasteiger partial charge in [0.1, 0.15) is 6.33 Å². The number of ether oxygens (including phenoxy) is 1. The Morgan fingerprint density at radius 3 is 2.89 bits per heavy atom. The maximum atomic E-state index is 13.6. The summed E-state index contributed by atoms with van der Waals surface area (Å²) in [6.45, 7) is 0. The first-order valence-corrected chi connectivity index (χ1v) is 6.66. The number of aryl methyl sites for hydroxylation is 1. The van der Waals surface area contributed by atoms with Crippen LogP contribution in [0.3, 0.4) is 0 Å². The van der Waals surface area contributed by atoms with Crippen molar-refractivity contribution in [3.63, 3.8) is 0 Å². The molecular formula is C12H15FN4OS. The Balaban J connectivity index is 2.02. The molecule has 5 nitrogen and oxygen atoms in total. The van der Waals surface area contributed by atoms with Gasteiger partial charge in [-0.15, -0.1) is 10.2 Å². The normalized spacial score (nSPS) is 12.4. The van der Waals surface area contributed by atoms with E-state index in [1.807, 2.05) is 11.6 Å². The van der Waals surface area contributed by atoms with Gasteiger partial charge in [-0.2, -0.15) is 0 Å². The number of methoxy groups -OCH3 is 1. The predicted molar refractivity (Wildman–Crippen MR) is 71.6 cm³/mol. The van der Waals surface area contributed by atoms with Crippen LogP contribution in [0.4, 0.5) is 4.39 Å². The predicted octanol–water partition coefficient (Wildman–Crippen LogP) is 1.75. The number of nitrogens with zero attached hydrogens (tertiary/aromatic N) is 3. The van der Waals surface area contributed by atoms with Crippen LogP contribution < -0.4 is 10.5 Å². The third-order valence-electron chi connectivity index (χ3n) is 2.67. The van der Waals surface area contributed by atoms with Crippen molar-refractivity contribution < 1.29 is 9.13 Å². The lowest BCUT2D eigenvalue weighted by molar-refractivity contribution is 0.386. The first-order valence-electron chi connectivity index (χ1n) is 5.67. The smallest absolute Gasteiger partial charge is 0.190 e. The van der Waals surface area contributed by atoms with E-state index in [1.165, 1.54) is 24.9 Å². The minimum absolute atomic E-state index is 0.219. The van der Waals surface area contributed by atoms with Crippen molar-refractivity contribution in [3.8, 4) is 5.75 Å². The highest BCUT2D eigenvalue weighted by atomic mass is 32.2. The van der Waals surface area contributed by atoms with Gasteiger partial charge in [0, 0.05) is 18.8 Å². The van der Waals surface area contributed by atoms with E-state index in [4.69, 9.17) is 10.5 Å². The van der Waals surface area contributed by atoms with Gasteiger partial charge in [-0.3, -0.25) is 0 Å². The molecule has 0 bridgehead atoms. The summed E-state index contributed by atoms with van der Waals surface area (Å²) in [5.74, 6) is 0.411. The summed E-state index contributed by atoms with van der Waals surface area (Å²) in [7, 11) is 3.29. The van der Waals surface area contributed by atoms with E-state index in [1.54, 1.807) is 18.5 Å². The molecule has 1 aromatic heterocycles. The quantitative estimate of drug-likeness (QED) is 0.846. The van der Waals surface area contributed by atoms with Gasteiger partial charge in [-0.25, -0.2) is 4.39 Å². The van der Waals surface area contributed by atoms with Crippen molar-refractivity contribution in [2.24, 2.45) is 12.8 Å². The monoisotopic (exact) mass is 282 g/mol. The van der Waals surface area contributed by atoms with Gasteiger partial charge in [0.05, 0.1) is 7.11 Å². The molecule has 2 aromatic rings. The Morgan fingerprint density at radius 1 is 1.53 bits per heavy atom. The minimum atomic E-state index is -0.404. The van der Waals surface area contributed by atoms with Crippen LogP contribution in [0.2, 0.25) is 0 Å². The van der Waals surface area contributed by atoms with Gasteiger partial charge < -0.3 is 15.0 Å². The van der Waals surface area contributed by atoms with Gasteiger partial charge in [0.25, 0.3) is 0 Å². The molecule has 2 rings (SSSR count). The lowest BCUT2D eigenvalue weighted by Crippen LogP contribution is -2.13. The van der Waals surface area contributed by atoms with E-state index in [0.29, 0.717) is 5.75 Å². The van der Waals surface area contributed by atoms with E-state index in [9.17, 15) is 4.39 Å². The van der Waals surface area contributed by atoms with Crippen molar-refractivity contribution in [2.75, 3.05) is 12.9 Å². The van der Waals surface area contributed by atoms with Crippen LogP contribution in [0.1, 0.15) is 11.6 Å². The Labute approximate surface area is 115 Å². The van der Waals surface area contributed by atoms with E-state index in [0.717, 1.165) is 10.7 Å². The van der Waals surface area contributed by atoms with Gasteiger partial charge in [-0.05, 0) is 17.7 Å². The van der Waals surface area contributed by atoms with Crippen LogP contribution in [0.5, 0.6) is 5.75 Å². The summed E-state index contributed by atoms with van der Waals surface area (Å²) >= 11 is 1.48. The summed E-state index contributed by atoms with van der Waals surface area (Å²) in [6.07, 6.45) is 1.63. The molecule has 102 valence electrons. The van der Waals surface area contributed by atoms with E-state index in [2.05, 4.69) is 10.2 Å². The van der Waals surface area contributed by atoms with Gasteiger partial charge >= 0.3 is 0 Å². The zero-order valence-electron chi connectivity index (χ0n) is 10.7. The molecule has 0 aliphatic heterocycles. The van der Waals surface area contributed by atoms with Crippen molar-refractivity contribution >= 4 is 11.8 Å². The Hall–Kier alpha value is -1.60. The average Bonchev–Trinajstić information content (AvgIpc) is 2.81. The molecule has 1 atom stereocenters. The van der Waals surface area contributed by atoms with Crippen molar-refractivity contribution in [1.82, 2.24) is 14.8 Å². The van der Waals surface area contributed by atoms with E-state index >= 15 is 0 Å². The van der Waals surface area contributed by atoms with Crippen LogP contribution in [0.25, 0.3) is 0 Å². The highest BCUT2D eigenvalue weighted by Crippen LogP contribution is 2.24. The molecule has 0 amide bonds. The molecule has 2 N–H and O–H groups in total. The zero-order chi connectivity index (χ0) is 13.8. The molecule has 0 spiro atoms. The van der Waals surface area contributed by atoms with E-state index in [-0.39, 0.29) is 11.8 Å². The Morgan fingerprint density at radius 2 is 2.32 bits per heavy atom. The van der Waals surface area contributed by atoms with E-state index < -0.39 is 5.82 Å². The SMILES string of the molecule is COc1ccc(C(N)CSc2nncn2C)cc1F. The van der Waals surface area contributed by atoms with Crippen molar-refractivity contribution in [2.45, 2.75) is 11.2 Å². The zero-order valence-corrected chi connectivity index (χ0v) is 11.5. The summed E-state index contributed by atoms with van der Waals surface area (Å²) < 4.78 is 20.3. The fraction of sp³-hybridized carbons (Fsp3) is 0.333. The van der Waals surface area contributed by atoms with Gasteiger partial charge in [0.2, 0.25) is 0 Å². The van der Waals surface area contributed by atoms with Gasteiger partial charge in [-0.1, -0.05) is 17.8 Å². The fourth-order valence-corrected chi connectivity index (χ4v) is 2.45. The molecule has 1 aromatic carbocycles. The van der Waals surface area contributed by atoms with Crippen LogP contribution in [-0.2, 0) is 7.05 Å². The van der Waals surface area contributed by atoms with Crippen molar-refractivity contribution in [3.05, 3.63) is 35.9 Å². The summed E-state index contributed by atoms with van der Waals surface area (Å²) in [5.41, 5.74) is 6.77. The highest BCUT2D eigenvalue weighted by molar-refractivity contribution is 7.99. The number of benzene rings is 1. The molecule has 0 fully saturated rings. The third kappa shape index (κ3) is 3.24. The molecule has 0 saturated carbocycles. The molecule has 0 radical (unpaired) electrons. The maximum absolute atomic E-state index is 13.6. The molecule has 0 aliphatic rings. The molecule has 19 heavy (non-hydrogen) atoms. The average molecular weight is 282 g/mol.